The van der Waals surface area contributed by atoms with E-state index in [1.54, 1.807) is 17.2 Å². The van der Waals surface area contributed by atoms with Gasteiger partial charge in [-0.05, 0) is 43.4 Å². The summed E-state index contributed by atoms with van der Waals surface area (Å²) in [6.45, 7) is 0.524. The van der Waals surface area contributed by atoms with Crippen molar-refractivity contribution in [2.24, 2.45) is 0 Å². The van der Waals surface area contributed by atoms with Crippen LogP contribution in [0.2, 0.25) is 5.02 Å². The van der Waals surface area contributed by atoms with Gasteiger partial charge in [0.15, 0.2) is 0 Å². The molecule has 2 aliphatic rings. The molecule has 0 spiro atoms. The van der Waals surface area contributed by atoms with Crippen LogP contribution >= 0.6 is 11.6 Å². The van der Waals surface area contributed by atoms with Crippen LogP contribution in [0.1, 0.15) is 37.3 Å². The van der Waals surface area contributed by atoms with Crippen LogP contribution in [0, 0.1) is 0 Å². The predicted octanol–water partition coefficient (Wildman–Crippen LogP) is 3.01. The molecule has 2 unspecified atom stereocenters. The van der Waals surface area contributed by atoms with Gasteiger partial charge in [0.1, 0.15) is 0 Å². The second-order valence-electron chi connectivity index (χ2n) is 6.55. The molecule has 2 bridgehead atoms. The molecule has 24 heavy (non-hydrogen) atoms. The Bertz CT molecular complexity index is 688. The summed E-state index contributed by atoms with van der Waals surface area (Å²) in [6, 6.07) is 8.46. The summed E-state index contributed by atoms with van der Waals surface area (Å²) >= 11 is 5.89. The standard InChI is InChI=1S/C17H20ClN5O/c18-13-3-1-12(2-4-13)11-19-17(24)22-14-5-6-15(22)10-16(9-14)23-20-7-8-21-23/h1-4,7-8,14-16H,5-6,9-11H2,(H,19,24). The van der Waals surface area contributed by atoms with Gasteiger partial charge in [-0.2, -0.15) is 15.0 Å². The molecule has 3 heterocycles. The average molecular weight is 346 g/mol. The quantitative estimate of drug-likeness (QED) is 0.930. The zero-order valence-electron chi connectivity index (χ0n) is 13.3. The first-order valence-corrected chi connectivity index (χ1v) is 8.75. The van der Waals surface area contributed by atoms with E-state index in [1.807, 2.05) is 29.2 Å². The third-order valence-electron chi connectivity index (χ3n) is 5.06. The number of carbonyl (C=O) groups excluding carboxylic acids is 1. The average Bonchev–Trinajstić information content (AvgIpc) is 3.21. The first-order valence-electron chi connectivity index (χ1n) is 8.37. The number of hydrogen-bond acceptors (Lipinski definition) is 3. The second kappa shape index (κ2) is 6.43. The molecule has 2 atom stereocenters. The summed E-state index contributed by atoms with van der Waals surface area (Å²) in [4.78, 5) is 16.5. The minimum atomic E-state index is 0.0318. The molecule has 2 amide bonds. The Morgan fingerprint density at radius 1 is 1.08 bits per heavy atom. The molecular formula is C17H20ClN5O. The van der Waals surface area contributed by atoms with E-state index in [4.69, 9.17) is 11.6 Å². The number of nitrogens with zero attached hydrogens (tertiary/aromatic N) is 4. The van der Waals surface area contributed by atoms with E-state index in [1.165, 1.54) is 0 Å². The summed E-state index contributed by atoms with van der Waals surface area (Å²) in [6.07, 6.45) is 7.42. The fourth-order valence-corrected chi connectivity index (χ4v) is 4.08. The number of amides is 2. The molecule has 0 aliphatic carbocycles. The molecule has 2 fully saturated rings. The summed E-state index contributed by atoms with van der Waals surface area (Å²) in [5, 5.41) is 12.3. The lowest BCUT2D eigenvalue weighted by molar-refractivity contribution is 0.115. The Kier molecular flexibility index (Phi) is 4.14. The third-order valence-corrected chi connectivity index (χ3v) is 5.31. The van der Waals surface area contributed by atoms with Crippen molar-refractivity contribution in [3.8, 4) is 0 Å². The number of aromatic nitrogens is 3. The Hall–Kier alpha value is -2.08. The van der Waals surface area contributed by atoms with Crippen LogP contribution in [0.25, 0.3) is 0 Å². The molecule has 0 saturated carbocycles. The molecule has 1 aromatic heterocycles. The minimum absolute atomic E-state index is 0.0318. The van der Waals surface area contributed by atoms with E-state index in [0.717, 1.165) is 31.2 Å². The highest BCUT2D eigenvalue weighted by atomic mass is 35.5. The maximum atomic E-state index is 12.6. The van der Waals surface area contributed by atoms with Crippen LogP contribution in [0.4, 0.5) is 4.79 Å². The smallest absolute Gasteiger partial charge is 0.318 e. The molecule has 126 valence electrons. The number of fused-ring (bicyclic) bond motifs is 2. The predicted molar refractivity (Wildman–Crippen MR) is 90.6 cm³/mol. The largest absolute Gasteiger partial charge is 0.334 e. The van der Waals surface area contributed by atoms with E-state index < -0.39 is 0 Å². The second-order valence-corrected chi connectivity index (χ2v) is 6.99. The monoisotopic (exact) mass is 345 g/mol. The lowest BCUT2D eigenvalue weighted by Crippen LogP contribution is -2.51. The number of halogens is 1. The molecule has 7 heteroatoms. The summed E-state index contributed by atoms with van der Waals surface area (Å²) in [5.74, 6) is 0. The van der Waals surface area contributed by atoms with Crippen molar-refractivity contribution in [3.05, 3.63) is 47.2 Å². The molecule has 1 aromatic carbocycles. The highest BCUT2D eigenvalue weighted by Crippen LogP contribution is 2.40. The SMILES string of the molecule is O=C(NCc1ccc(Cl)cc1)N1C2CCC1CC(n1nccn1)C2. The molecule has 6 nitrogen and oxygen atoms in total. The third kappa shape index (κ3) is 2.98. The van der Waals surface area contributed by atoms with Crippen LogP contribution in [-0.4, -0.2) is 38.0 Å². The van der Waals surface area contributed by atoms with Gasteiger partial charge in [-0.3, -0.25) is 0 Å². The topological polar surface area (TPSA) is 63.1 Å². The van der Waals surface area contributed by atoms with Gasteiger partial charge in [0.05, 0.1) is 18.4 Å². The van der Waals surface area contributed by atoms with Crippen molar-refractivity contribution in [1.29, 1.82) is 0 Å². The highest BCUT2D eigenvalue weighted by molar-refractivity contribution is 6.30. The fraction of sp³-hybridized carbons (Fsp3) is 0.471. The molecule has 4 rings (SSSR count). The summed E-state index contributed by atoms with van der Waals surface area (Å²) in [7, 11) is 0. The maximum absolute atomic E-state index is 12.6. The highest BCUT2D eigenvalue weighted by Gasteiger charge is 2.44. The Labute approximate surface area is 145 Å². The number of benzene rings is 1. The van der Waals surface area contributed by atoms with Gasteiger partial charge in [-0.25, -0.2) is 4.79 Å². The van der Waals surface area contributed by atoms with Gasteiger partial charge in [0.2, 0.25) is 0 Å². The van der Waals surface area contributed by atoms with E-state index in [0.29, 0.717) is 17.6 Å². The lowest BCUT2D eigenvalue weighted by atomic mass is 9.98. The van der Waals surface area contributed by atoms with Crippen molar-refractivity contribution >= 4 is 17.6 Å². The summed E-state index contributed by atoms with van der Waals surface area (Å²) < 4.78 is 0. The molecule has 2 aliphatic heterocycles. The molecule has 2 aromatic rings. The number of rotatable bonds is 3. The van der Waals surface area contributed by atoms with Crippen molar-refractivity contribution in [2.75, 3.05) is 0 Å². The van der Waals surface area contributed by atoms with Crippen molar-refractivity contribution < 1.29 is 4.79 Å². The van der Waals surface area contributed by atoms with Crippen LogP contribution in [-0.2, 0) is 6.54 Å². The first kappa shape index (κ1) is 15.4. The molecule has 2 saturated heterocycles. The van der Waals surface area contributed by atoms with Crippen LogP contribution in [0.3, 0.4) is 0 Å². The van der Waals surface area contributed by atoms with Crippen LogP contribution < -0.4 is 5.32 Å². The number of nitrogens with one attached hydrogen (secondary N) is 1. The molecule has 0 radical (unpaired) electrons. The Balaban J connectivity index is 1.38. The zero-order chi connectivity index (χ0) is 16.5. The first-order chi connectivity index (χ1) is 11.7. The number of carbonyl (C=O) groups is 1. The van der Waals surface area contributed by atoms with Gasteiger partial charge in [-0.15, -0.1) is 0 Å². The van der Waals surface area contributed by atoms with Crippen LogP contribution in [0.15, 0.2) is 36.7 Å². The van der Waals surface area contributed by atoms with Crippen molar-refractivity contribution in [2.45, 2.75) is 50.4 Å². The van der Waals surface area contributed by atoms with Gasteiger partial charge in [-0.1, -0.05) is 23.7 Å². The van der Waals surface area contributed by atoms with E-state index in [2.05, 4.69) is 15.5 Å². The summed E-state index contributed by atoms with van der Waals surface area (Å²) in [5.41, 5.74) is 1.05. The molecular weight excluding hydrogens is 326 g/mol. The Morgan fingerprint density at radius 2 is 1.71 bits per heavy atom. The van der Waals surface area contributed by atoms with E-state index in [9.17, 15) is 4.79 Å². The van der Waals surface area contributed by atoms with Gasteiger partial charge < -0.3 is 10.2 Å². The Morgan fingerprint density at radius 3 is 2.33 bits per heavy atom. The minimum Gasteiger partial charge on any atom is -0.334 e. The van der Waals surface area contributed by atoms with Gasteiger partial charge >= 0.3 is 6.03 Å². The van der Waals surface area contributed by atoms with Crippen molar-refractivity contribution in [3.63, 3.8) is 0 Å². The number of hydrogen-bond donors (Lipinski definition) is 1. The molecule has 1 N–H and O–H groups in total. The fourth-order valence-electron chi connectivity index (χ4n) is 3.95. The van der Waals surface area contributed by atoms with Crippen molar-refractivity contribution in [1.82, 2.24) is 25.2 Å². The normalized spacial score (nSPS) is 25.7. The lowest BCUT2D eigenvalue weighted by Gasteiger charge is -2.38. The van der Waals surface area contributed by atoms with Gasteiger partial charge in [0, 0.05) is 23.7 Å². The zero-order valence-corrected chi connectivity index (χ0v) is 14.1. The maximum Gasteiger partial charge on any atom is 0.318 e. The van der Waals surface area contributed by atoms with E-state index in [-0.39, 0.29) is 18.1 Å². The number of urea groups is 1. The number of piperidine rings is 1. The van der Waals surface area contributed by atoms with E-state index >= 15 is 0 Å². The van der Waals surface area contributed by atoms with Crippen LogP contribution in [0.5, 0.6) is 0 Å². The van der Waals surface area contributed by atoms with Gasteiger partial charge in [0.25, 0.3) is 0 Å².